The van der Waals surface area contributed by atoms with Crippen molar-refractivity contribution in [1.29, 1.82) is 0 Å². The molecular formula is C22H30F3N5O2. The highest BCUT2D eigenvalue weighted by atomic mass is 19.2. The molecule has 7 nitrogen and oxygen atoms in total. The Labute approximate surface area is 186 Å². The predicted molar refractivity (Wildman–Crippen MR) is 119 cm³/mol. The molecule has 0 bridgehead atoms. The Balaban J connectivity index is 0.00000181. The van der Waals surface area contributed by atoms with Crippen LogP contribution in [-0.2, 0) is 4.79 Å². The van der Waals surface area contributed by atoms with Crippen molar-refractivity contribution < 1.29 is 22.7 Å². The van der Waals surface area contributed by atoms with Gasteiger partial charge in [0.15, 0.2) is 23.2 Å². The van der Waals surface area contributed by atoms with Gasteiger partial charge < -0.3 is 19.9 Å². The molecule has 1 fully saturated rings. The second-order valence-corrected chi connectivity index (χ2v) is 7.56. The number of aromatic nitrogens is 2. The number of rotatable bonds is 6. The van der Waals surface area contributed by atoms with Crippen LogP contribution in [0.5, 0.6) is 5.75 Å². The molecule has 10 heteroatoms. The van der Waals surface area contributed by atoms with Gasteiger partial charge in [-0.05, 0) is 37.8 Å². The van der Waals surface area contributed by atoms with Crippen molar-refractivity contribution in [3.63, 3.8) is 0 Å². The Morgan fingerprint density at radius 3 is 2.59 bits per heavy atom. The van der Waals surface area contributed by atoms with Crippen molar-refractivity contribution >= 4 is 23.4 Å². The monoisotopic (exact) mass is 453 g/mol. The maximum atomic E-state index is 13.6. The highest BCUT2D eigenvalue weighted by Crippen LogP contribution is 2.34. The zero-order valence-electron chi connectivity index (χ0n) is 16.7. The number of carbonyl (C=O) groups excluding carboxylic acids is 1. The van der Waals surface area contributed by atoms with Gasteiger partial charge in [-0.1, -0.05) is 14.9 Å². The number of nitrogens with one attached hydrogen (secondary N) is 1. The van der Waals surface area contributed by atoms with Crippen molar-refractivity contribution in [3.8, 4) is 5.75 Å². The molecule has 1 saturated carbocycles. The molecule has 2 heterocycles. The number of ether oxygens (including phenoxy) is 1. The number of hydrogen-bond donors (Lipinski definition) is 1. The number of amides is 1. The minimum atomic E-state index is -1.53. The van der Waals surface area contributed by atoms with Crippen LogP contribution in [0.2, 0.25) is 0 Å². The number of anilines is 3. The third-order valence-electron chi connectivity index (χ3n) is 5.44. The molecule has 1 aromatic heterocycles. The Hall–Kier alpha value is -3.04. The summed E-state index contributed by atoms with van der Waals surface area (Å²) in [4.78, 5) is 24.4. The molecule has 1 aliphatic carbocycles. The number of nitrogens with zero attached hydrogens (tertiary/aromatic N) is 4. The van der Waals surface area contributed by atoms with E-state index in [9.17, 15) is 18.0 Å². The number of likely N-dealkylation sites (N-methyl/N-ethyl adjacent to an activating group) is 2. The lowest BCUT2D eigenvalue weighted by Crippen LogP contribution is -2.45. The van der Waals surface area contributed by atoms with Crippen LogP contribution >= 0.6 is 0 Å². The van der Waals surface area contributed by atoms with Gasteiger partial charge in [-0.25, -0.2) is 13.8 Å². The smallest absolute Gasteiger partial charge is 0.246 e. The molecule has 1 N–H and O–H groups in total. The first-order valence-electron chi connectivity index (χ1n) is 9.78. The predicted octanol–water partition coefficient (Wildman–Crippen LogP) is 4.24. The fraction of sp³-hybridized carbons (Fsp3) is 0.500. The van der Waals surface area contributed by atoms with E-state index in [0.29, 0.717) is 24.0 Å². The van der Waals surface area contributed by atoms with Gasteiger partial charge in [0.1, 0.15) is 5.69 Å². The Morgan fingerprint density at radius 1 is 1.19 bits per heavy atom. The molecule has 0 atom stereocenters. The largest absolute Gasteiger partial charge is 0.490 e. The fourth-order valence-electron chi connectivity index (χ4n) is 3.75. The fourth-order valence-corrected chi connectivity index (χ4v) is 3.75. The molecule has 2 aromatic rings. The highest BCUT2D eigenvalue weighted by Gasteiger charge is 2.32. The van der Waals surface area contributed by atoms with Gasteiger partial charge in [-0.2, -0.15) is 9.37 Å². The van der Waals surface area contributed by atoms with E-state index in [1.807, 2.05) is 14.0 Å². The lowest BCUT2D eigenvalue weighted by Gasteiger charge is -2.36. The van der Waals surface area contributed by atoms with Gasteiger partial charge in [0, 0.05) is 19.6 Å². The average molecular weight is 454 g/mol. The molecule has 32 heavy (non-hydrogen) atoms. The SMILES string of the molecule is C.C.CCN1C(=O)CN(C)c2nc(NC3CC(COc4ccc(F)c(F)c4F)C3)ncc21. The molecule has 2 aliphatic rings. The van der Waals surface area contributed by atoms with Crippen LogP contribution in [0.4, 0.5) is 30.6 Å². The molecule has 176 valence electrons. The Bertz CT molecular complexity index is 969. The number of halogens is 3. The molecule has 1 aliphatic heterocycles. The first-order chi connectivity index (χ1) is 14.4. The van der Waals surface area contributed by atoms with E-state index in [-0.39, 0.29) is 51.6 Å². The van der Waals surface area contributed by atoms with E-state index in [1.54, 1.807) is 16.0 Å². The molecule has 0 saturated heterocycles. The zero-order valence-corrected chi connectivity index (χ0v) is 16.7. The van der Waals surface area contributed by atoms with Gasteiger partial charge >= 0.3 is 0 Å². The summed E-state index contributed by atoms with van der Waals surface area (Å²) in [5.74, 6) is -3.03. The van der Waals surface area contributed by atoms with E-state index in [0.717, 1.165) is 25.0 Å². The minimum absolute atomic E-state index is 0. The Kier molecular flexibility index (Phi) is 7.92. The van der Waals surface area contributed by atoms with Crippen LogP contribution in [-0.4, -0.2) is 48.7 Å². The highest BCUT2D eigenvalue weighted by molar-refractivity contribution is 6.02. The van der Waals surface area contributed by atoms with Gasteiger partial charge in [-0.3, -0.25) is 4.79 Å². The maximum Gasteiger partial charge on any atom is 0.246 e. The molecule has 0 radical (unpaired) electrons. The first-order valence-corrected chi connectivity index (χ1v) is 9.78. The van der Waals surface area contributed by atoms with E-state index in [4.69, 9.17) is 4.74 Å². The second kappa shape index (κ2) is 10.1. The second-order valence-electron chi connectivity index (χ2n) is 7.56. The van der Waals surface area contributed by atoms with E-state index < -0.39 is 17.5 Å². The maximum absolute atomic E-state index is 13.6. The molecule has 1 aromatic carbocycles. The van der Waals surface area contributed by atoms with E-state index in [2.05, 4.69) is 15.3 Å². The summed E-state index contributed by atoms with van der Waals surface area (Å²) in [7, 11) is 1.81. The third kappa shape index (κ3) is 4.73. The number of fused-ring (bicyclic) bond motifs is 1. The molecule has 0 unspecified atom stereocenters. The molecular weight excluding hydrogens is 423 g/mol. The van der Waals surface area contributed by atoms with Gasteiger partial charge in [0.05, 0.1) is 19.3 Å². The van der Waals surface area contributed by atoms with E-state index in [1.165, 1.54) is 0 Å². The molecule has 1 amide bonds. The van der Waals surface area contributed by atoms with Gasteiger partial charge in [0.25, 0.3) is 0 Å². The summed E-state index contributed by atoms with van der Waals surface area (Å²) < 4.78 is 45.2. The quantitative estimate of drug-likeness (QED) is 0.660. The standard InChI is InChI=1S/C20H22F3N5O2.2CH4/c1-3-28-14-8-24-20(26-19(14)27(2)9-16(28)29)25-12-6-11(7-12)10-30-15-5-4-13(21)17(22)18(15)23;;/h4-5,8,11-12H,3,6-7,9-10H2,1-2H3,(H,24,25,26);2*1H4. The van der Waals surface area contributed by atoms with Crippen molar-refractivity contribution in [2.75, 3.05) is 41.9 Å². The summed E-state index contributed by atoms with van der Waals surface area (Å²) in [6.45, 7) is 2.93. The van der Waals surface area contributed by atoms with Crippen LogP contribution in [0.15, 0.2) is 18.3 Å². The van der Waals surface area contributed by atoms with Crippen molar-refractivity contribution in [2.24, 2.45) is 5.92 Å². The van der Waals surface area contributed by atoms with Crippen LogP contribution in [0.25, 0.3) is 0 Å². The number of carbonyl (C=O) groups is 1. The average Bonchev–Trinajstić information content (AvgIpc) is 2.69. The lowest BCUT2D eigenvalue weighted by molar-refractivity contribution is -0.117. The Morgan fingerprint density at radius 2 is 1.91 bits per heavy atom. The van der Waals surface area contributed by atoms with Crippen molar-refractivity contribution in [1.82, 2.24) is 9.97 Å². The first kappa shape index (κ1) is 25.2. The van der Waals surface area contributed by atoms with Crippen LogP contribution in [0.3, 0.4) is 0 Å². The normalized spacial score (nSPS) is 19.3. The molecule has 4 rings (SSSR count). The van der Waals surface area contributed by atoms with Gasteiger partial charge in [0.2, 0.25) is 17.7 Å². The summed E-state index contributed by atoms with van der Waals surface area (Å²) in [6, 6.07) is 2.06. The number of benzene rings is 1. The lowest BCUT2D eigenvalue weighted by atomic mass is 9.81. The van der Waals surface area contributed by atoms with Crippen LogP contribution in [0, 0.1) is 23.4 Å². The number of hydrogen-bond acceptors (Lipinski definition) is 6. The minimum Gasteiger partial charge on any atom is -0.490 e. The summed E-state index contributed by atoms with van der Waals surface area (Å²) in [6.07, 6.45) is 3.15. The van der Waals surface area contributed by atoms with Crippen LogP contribution in [0.1, 0.15) is 34.6 Å². The van der Waals surface area contributed by atoms with Crippen LogP contribution < -0.4 is 19.9 Å². The van der Waals surface area contributed by atoms with E-state index >= 15 is 0 Å². The molecule has 0 spiro atoms. The van der Waals surface area contributed by atoms with Crippen molar-refractivity contribution in [2.45, 2.75) is 40.7 Å². The third-order valence-corrected chi connectivity index (χ3v) is 5.44. The summed E-state index contributed by atoms with van der Waals surface area (Å²) in [5, 5.41) is 3.26. The summed E-state index contributed by atoms with van der Waals surface area (Å²) >= 11 is 0. The topological polar surface area (TPSA) is 70.6 Å². The zero-order chi connectivity index (χ0) is 21.4. The van der Waals surface area contributed by atoms with Crippen molar-refractivity contribution in [3.05, 3.63) is 35.8 Å². The summed E-state index contributed by atoms with van der Waals surface area (Å²) in [5.41, 5.74) is 0.690. The van der Waals surface area contributed by atoms with Gasteiger partial charge in [-0.15, -0.1) is 0 Å².